The zero-order valence-corrected chi connectivity index (χ0v) is 11.1. The van der Waals surface area contributed by atoms with Gasteiger partial charge in [0.15, 0.2) is 0 Å². The molecular formula is C13H28N2O. The Kier molecular flexibility index (Phi) is 6.32. The summed E-state index contributed by atoms with van der Waals surface area (Å²) in [5.41, 5.74) is 5.93. The van der Waals surface area contributed by atoms with Crippen molar-refractivity contribution >= 4 is 0 Å². The van der Waals surface area contributed by atoms with Crippen LogP contribution in [-0.2, 0) is 4.74 Å². The van der Waals surface area contributed by atoms with Gasteiger partial charge < -0.3 is 10.5 Å². The zero-order valence-electron chi connectivity index (χ0n) is 11.1. The first-order chi connectivity index (χ1) is 7.72. The molecular weight excluding hydrogens is 200 g/mol. The van der Waals surface area contributed by atoms with Crippen molar-refractivity contribution in [3.63, 3.8) is 0 Å². The van der Waals surface area contributed by atoms with E-state index in [-0.39, 0.29) is 0 Å². The Morgan fingerprint density at radius 2 is 2.12 bits per heavy atom. The number of hydrogen-bond donors (Lipinski definition) is 1. The highest BCUT2D eigenvalue weighted by Gasteiger charge is 2.29. The van der Waals surface area contributed by atoms with Crippen molar-refractivity contribution < 1.29 is 4.74 Å². The van der Waals surface area contributed by atoms with Crippen LogP contribution < -0.4 is 5.73 Å². The highest BCUT2D eigenvalue weighted by Crippen LogP contribution is 2.31. The largest absolute Gasteiger partial charge is 0.384 e. The summed E-state index contributed by atoms with van der Waals surface area (Å²) in [6.07, 6.45) is 4.04. The Morgan fingerprint density at radius 1 is 1.44 bits per heavy atom. The molecule has 0 heterocycles. The minimum absolute atomic E-state index is 0.487. The summed E-state index contributed by atoms with van der Waals surface area (Å²) in [6.45, 7) is 8.46. The maximum absolute atomic E-state index is 5.93. The second kappa shape index (κ2) is 7.25. The van der Waals surface area contributed by atoms with Gasteiger partial charge in [0, 0.05) is 26.2 Å². The fourth-order valence-corrected chi connectivity index (χ4v) is 2.43. The predicted molar refractivity (Wildman–Crippen MR) is 68.5 cm³/mol. The Labute approximate surface area is 100 Å². The Morgan fingerprint density at radius 3 is 2.56 bits per heavy atom. The summed E-state index contributed by atoms with van der Waals surface area (Å²) in [5, 5.41) is 0. The number of nitrogens with zero attached hydrogens (tertiary/aromatic N) is 1. The molecule has 0 aromatic heterocycles. The van der Waals surface area contributed by atoms with Crippen molar-refractivity contribution in [3.05, 3.63) is 0 Å². The third kappa shape index (κ3) is 4.40. The van der Waals surface area contributed by atoms with Crippen LogP contribution in [0.5, 0.6) is 0 Å². The van der Waals surface area contributed by atoms with Crippen LogP contribution in [0.1, 0.15) is 33.1 Å². The molecule has 0 aliphatic heterocycles. The molecule has 0 spiro atoms. The van der Waals surface area contributed by atoms with Gasteiger partial charge in [0.05, 0.1) is 6.61 Å². The molecule has 1 fully saturated rings. The SMILES string of the molecule is CCCN(CC1CC1)C(CN)C(C)COC. The van der Waals surface area contributed by atoms with Crippen molar-refractivity contribution in [3.8, 4) is 0 Å². The number of methoxy groups -OCH3 is 1. The van der Waals surface area contributed by atoms with Gasteiger partial charge >= 0.3 is 0 Å². The minimum Gasteiger partial charge on any atom is -0.384 e. The molecule has 3 heteroatoms. The quantitative estimate of drug-likeness (QED) is 0.653. The normalized spacial score (nSPS) is 20.1. The molecule has 2 N–H and O–H groups in total. The Balaban J connectivity index is 2.48. The maximum Gasteiger partial charge on any atom is 0.0503 e. The molecule has 16 heavy (non-hydrogen) atoms. The molecule has 0 aromatic carbocycles. The Hall–Kier alpha value is -0.120. The van der Waals surface area contributed by atoms with Gasteiger partial charge in [-0.05, 0) is 37.6 Å². The predicted octanol–water partition coefficient (Wildman–Crippen LogP) is 1.72. The van der Waals surface area contributed by atoms with Crippen LogP contribution in [-0.4, -0.2) is 44.3 Å². The molecule has 0 aromatic rings. The topological polar surface area (TPSA) is 38.5 Å². The third-order valence-electron chi connectivity index (χ3n) is 3.50. The standard InChI is InChI=1S/C13H28N2O/c1-4-7-15(9-12-5-6-12)13(8-14)11(2)10-16-3/h11-13H,4-10,14H2,1-3H3. The first-order valence-electron chi connectivity index (χ1n) is 6.65. The number of hydrogen-bond acceptors (Lipinski definition) is 3. The zero-order chi connectivity index (χ0) is 12.0. The smallest absolute Gasteiger partial charge is 0.0503 e. The van der Waals surface area contributed by atoms with E-state index in [0.29, 0.717) is 12.0 Å². The molecule has 2 atom stereocenters. The van der Waals surface area contributed by atoms with Gasteiger partial charge in [0.2, 0.25) is 0 Å². The lowest BCUT2D eigenvalue weighted by Gasteiger charge is -2.34. The summed E-state index contributed by atoms with van der Waals surface area (Å²) in [5.74, 6) is 1.47. The molecule has 0 radical (unpaired) electrons. The van der Waals surface area contributed by atoms with Crippen molar-refractivity contribution in [2.75, 3.05) is 33.4 Å². The minimum atomic E-state index is 0.487. The molecule has 0 bridgehead atoms. The van der Waals surface area contributed by atoms with Crippen LogP contribution in [0, 0.1) is 11.8 Å². The van der Waals surface area contributed by atoms with E-state index in [9.17, 15) is 0 Å². The van der Waals surface area contributed by atoms with Gasteiger partial charge in [0.1, 0.15) is 0 Å². The van der Waals surface area contributed by atoms with Crippen LogP contribution in [0.3, 0.4) is 0 Å². The van der Waals surface area contributed by atoms with Crippen LogP contribution in [0.25, 0.3) is 0 Å². The highest BCUT2D eigenvalue weighted by molar-refractivity contribution is 4.83. The Bertz CT molecular complexity index is 183. The van der Waals surface area contributed by atoms with E-state index >= 15 is 0 Å². The molecule has 1 rings (SSSR count). The van der Waals surface area contributed by atoms with Crippen molar-refractivity contribution in [2.45, 2.75) is 39.2 Å². The monoisotopic (exact) mass is 228 g/mol. The lowest BCUT2D eigenvalue weighted by molar-refractivity contribution is 0.0820. The average molecular weight is 228 g/mol. The van der Waals surface area contributed by atoms with Crippen LogP contribution in [0.4, 0.5) is 0 Å². The lowest BCUT2D eigenvalue weighted by Crippen LogP contribution is -2.47. The molecule has 1 saturated carbocycles. The average Bonchev–Trinajstić information content (AvgIpc) is 3.03. The summed E-state index contributed by atoms with van der Waals surface area (Å²) in [6, 6.07) is 0.487. The maximum atomic E-state index is 5.93. The van der Waals surface area contributed by atoms with Gasteiger partial charge in [-0.2, -0.15) is 0 Å². The van der Waals surface area contributed by atoms with Gasteiger partial charge in [-0.3, -0.25) is 4.90 Å². The summed E-state index contributed by atoms with van der Waals surface area (Å²) in [7, 11) is 1.77. The van der Waals surface area contributed by atoms with Gasteiger partial charge in [0.25, 0.3) is 0 Å². The van der Waals surface area contributed by atoms with Crippen LogP contribution in [0.15, 0.2) is 0 Å². The first-order valence-corrected chi connectivity index (χ1v) is 6.65. The van der Waals surface area contributed by atoms with E-state index in [2.05, 4.69) is 18.7 Å². The molecule has 0 amide bonds. The fourth-order valence-electron chi connectivity index (χ4n) is 2.43. The molecule has 3 nitrogen and oxygen atoms in total. The molecule has 1 aliphatic rings. The van der Waals surface area contributed by atoms with Crippen molar-refractivity contribution in [1.29, 1.82) is 0 Å². The molecule has 2 unspecified atom stereocenters. The highest BCUT2D eigenvalue weighted by atomic mass is 16.5. The van der Waals surface area contributed by atoms with Gasteiger partial charge in [-0.1, -0.05) is 13.8 Å². The second-order valence-corrected chi connectivity index (χ2v) is 5.17. The molecule has 96 valence electrons. The van der Waals surface area contributed by atoms with Crippen LogP contribution >= 0.6 is 0 Å². The van der Waals surface area contributed by atoms with E-state index in [0.717, 1.165) is 19.1 Å². The van der Waals surface area contributed by atoms with Gasteiger partial charge in [-0.15, -0.1) is 0 Å². The van der Waals surface area contributed by atoms with E-state index in [4.69, 9.17) is 10.5 Å². The number of rotatable bonds is 9. The second-order valence-electron chi connectivity index (χ2n) is 5.17. The molecule has 0 saturated heterocycles. The first kappa shape index (κ1) is 13.9. The molecule has 1 aliphatic carbocycles. The van der Waals surface area contributed by atoms with Gasteiger partial charge in [-0.25, -0.2) is 0 Å². The lowest BCUT2D eigenvalue weighted by atomic mass is 10.0. The van der Waals surface area contributed by atoms with E-state index in [1.165, 1.54) is 32.4 Å². The van der Waals surface area contributed by atoms with Crippen molar-refractivity contribution in [1.82, 2.24) is 4.90 Å². The van der Waals surface area contributed by atoms with Crippen LogP contribution in [0.2, 0.25) is 0 Å². The van der Waals surface area contributed by atoms with E-state index < -0.39 is 0 Å². The van der Waals surface area contributed by atoms with Crippen molar-refractivity contribution in [2.24, 2.45) is 17.6 Å². The van der Waals surface area contributed by atoms with E-state index in [1.807, 2.05) is 0 Å². The number of nitrogens with two attached hydrogens (primary N) is 1. The summed E-state index contributed by atoms with van der Waals surface area (Å²) in [4.78, 5) is 2.58. The third-order valence-corrected chi connectivity index (χ3v) is 3.50. The number of ether oxygens (including phenoxy) is 1. The summed E-state index contributed by atoms with van der Waals surface area (Å²) >= 11 is 0. The fraction of sp³-hybridized carbons (Fsp3) is 1.00. The van der Waals surface area contributed by atoms with E-state index in [1.54, 1.807) is 7.11 Å². The summed E-state index contributed by atoms with van der Waals surface area (Å²) < 4.78 is 5.25.